The van der Waals surface area contributed by atoms with Crippen LogP contribution in [0.4, 0.5) is 4.39 Å². The molecule has 0 radical (unpaired) electrons. The molecule has 0 saturated heterocycles. The Morgan fingerprint density at radius 2 is 2.00 bits per heavy atom. The third kappa shape index (κ3) is 2.54. The van der Waals surface area contributed by atoms with Crippen molar-refractivity contribution in [2.75, 3.05) is 6.54 Å². The second kappa shape index (κ2) is 5.40. The van der Waals surface area contributed by atoms with Crippen LogP contribution in [0.2, 0.25) is 0 Å². The highest BCUT2D eigenvalue weighted by atomic mass is 32.1. The Morgan fingerprint density at radius 3 is 2.59 bits per heavy atom. The Bertz CT molecular complexity index is 472. The Hall–Kier alpha value is -1.23. The maximum absolute atomic E-state index is 13.7. The molecule has 2 rings (SSSR count). The quantitative estimate of drug-likeness (QED) is 0.877. The predicted molar refractivity (Wildman–Crippen MR) is 67.5 cm³/mol. The molecule has 0 spiro atoms. The standard InChI is InChI=1S/C13H14FNOS/c14-11-5-2-1-4-9(11)10(8-15)13(16)12-6-3-7-17-12/h1-7,10,13,16H,8,15H2. The zero-order valence-corrected chi connectivity index (χ0v) is 10.0. The first-order valence-electron chi connectivity index (χ1n) is 5.40. The summed E-state index contributed by atoms with van der Waals surface area (Å²) in [6.45, 7) is 0.208. The molecule has 0 aliphatic heterocycles. The summed E-state index contributed by atoms with van der Waals surface area (Å²) in [5.41, 5.74) is 6.13. The van der Waals surface area contributed by atoms with Crippen molar-refractivity contribution in [2.24, 2.45) is 5.73 Å². The molecule has 2 unspecified atom stereocenters. The van der Waals surface area contributed by atoms with Crippen LogP contribution >= 0.6 is 11.3 Å². The molecular formula is C13H14FNOS. The number of hydrogen-bond donors (Lipinski definition) is 2. The van der Waals surface area contributed by atoms with Gasteiger partial charge in [0.1, 0.15) is 5.82 Å². The molecule has 1 aromatic carbocycles. The average Bonchev–Trinajstić information content (AvgIpc) is 2.86. The van der Waals surface area contributed by atoms with Crippen LogP contribution in [-0.2, 0) is 0 Å². The van der Waals surface area contributed by atoms with Gasteiger partial charge >= 0.3 is 0 Å². The molecule has 2 nitrogen and oxygen atoms in total. The Labute approximate surface area is 104 Å². The van der Waals surface area contributed by atoms with Gasteiger partial charge in [0.05, 0.1) is 6.10 Å². The maximum Gasteiger partial charge on any atom is 0.126 e. The zero-order valence-electron chi connectivity index (χ0n) is 9.21. The smallest absolute Gasteiger partial charge is 0.126 e. The van der Waals surface area contributed by atoms with E-state index in [9.17, 15) is 9.50 Å². The van der Waals surface area contributed by atoms with Crippen LogP contribution in [-0.4, -0.2) is 11.7 Å². The van der Waals surface area contributed by atoms with Crippen molar-refractivity contribution in [3.63, 3.8) is 0 Å². The van der Waals surface area contributed by atoms with Gasteiger partial charge in [0.2, 0.25) is 0 Å². The van der Waals surface area contributed by atoms with Crippen LogP contribution in [0, 0.1) is 5.82 Å². The summed E-state index contributed by atoms with van der Waals surface area (Å²) >= 11 is 1.45. The summed E-state index contributed by atoms with van der Waals surface area (Å²) in [7, 11) is 0. The van der Waals surface area contributed by atoms with Crippen molar-refractivity contribution in [3.05, 3.63) is 58.0 Å². The maximum atomic E-state index is 13.7. The number of rotatable bonds is 4. The lowest BCUT2D eigenvalue weighted by Crippen LogP contribution is -2.20. The fourth-order valence-corrected chi connectivity index (χ4v) is 2.63. The van der Waals surface area contributed by atoms with E-state index in [4.69, 9.17) is 5.73 Å². The van der Waals surface area contributed by atoms with E-state index in [1.54, 1.807) is 18.2 Å². The van der Waals surface area contributed by atoms with Crippen molar-refractivity contribution >= 4 is 11.3 Å². The molecule has 3 N–H and O–H groups in total. The van der Waals surface area contributed by atoms with E-state index >= 15 is 0 Å². The number of halogens is 1. The Morgan fingerprint density at radius 1 is 1.24 bits per heavy atom. The monoisotopic (exact) mass is 251 g/mol. The largest absolute Gasteiger partial charge is 0.387 e. The van der Waals surface area contributed by atoms with Gasteiger partial charge in [-0.25, -0.2) is 4.39 Å². The normalized spacial score (nSPS) is 14.5. The number of nitrogens with two attached hydrogens (primary N) is 1. The van der Waals surface area contributed by atoms with E-state index in [0.717, 1.165) is 4.88 Å². The first-order chi connectivity index (χ1) is 8.24. The molecule has 0 aliphatic rings. The first-order valence-corrected chi connectivity index (χ1v) is 6.28. The van der Waals surface area contributed by atoms with Gasteiger partial charge in [-0.1, -0.05) is 24.3 Å². The Balaban J connectivity index is 2.31. The lowest BCUT2D eigenvalue weighted by molar-refractivity contribution is 0.149. The molecule has 0 fully saturated rings. The van der Waals surface area contributed by atoms with Crippen molar-refractivity contribution in [1.82, 2.24) is 0 Å². The number of aliphatic hydroxyl groups excluding tert-OH is 1. The summed E-state index contributed by atoms with van der Waals surface area (Å²) in [4.78, 5) is 0.809. The van der Waals surface area contributed by atoms with Crippen LogP contribution in [0.25, 0.3) is 0 Å². The number of benzene rings is 1. The van der Waals surface area contributed by atoms with E-state index in [-0.39, 0.29) is 12.4 Å². The van der Waals surface area contributed by atoms with Crippen LogP contribution in [0.3, 0.4) is 0 Å². The van der Waals surface area contributed by atoms with Gasteiger partial charge in [0.25, 0.3) is 0 Å². The van der Waals surface area contributed by atoms with Crippen molar-refractivity contribution in [2.45, 2.75) is 12.0 Å². The van der Waals surface area contributed by atoms with Crippen LogP contribution in [0.1, 0.15) is 22.5 Å². The summed E-state index contributed by atoms with van der Waals surface area (Å²) in [5.74, 6) is -0.728. The minimum Gasteiger partial charge on any atom is -0.387 e. The lowest BCUT2D eigenvalue weighted by atomic mass is 9.92. The molecule has 1 aromatic heterocycles. The highest BCUT2D eigenvalue weighted by molar-refractivity contribution is 7.10. The second-order valence-electron chi connectivity index (χ2n) is 3.82. The molecule has 0 bridgehead atoms. The average molecular weight is 251 g/mol. The van der Waals surface area contributed by atoms with Gasteiger partial charge in [-0.2, -0.15) is 0 Å². The third-order valence-corrected chi connectivity index (χ3v) is 3.72. The molecule has 4 heteroatoms. The molecular weight excluding hydrogens is 237 g/mol. The second-order valence-corrected chi connectivity index (χ2v) is 4.80. The summed E-state index contributed by atoms with van der Waals surface area (Å²) in [6.07, 6.45) is -0.753. The third-order valence-electron chi connectivity index (χ3n) is 2.77. The van der Waals surface area contributed by atoms with Crippen molar-refractivity contribution in [1.29, 1.82) is 0 Å². The first kappa shape index (κ1) is 12.2. The molecule has 90 valence electrons. The fourth-order valence-electron chi connectivity index (χ4n) is 1.86. The summed E-state index contributed by atoms with van der Waals surface area (Å²) < 4.78 is 13.7. The van der Waals surface area contributed by atoms with Gasteiger partial charge in [-0.3, -0.25) is 0 Å². The number of hydrogen-bond acceptors (Lipinski definition) is 3. The van der Waals surface area contributed by atoms with Gasteiger partial charge in [0.15, 0.2) is 0 Å². The predicted octanol–water partition coefficient (Wildman–Crippen LogP) is 2.66. The molecule has 0 amide bonds. The molecule has 0 aliphatic carbocycles. The van der Waals surface area contributed by atoms with Crippen LogP contribution < -0.4 is 5.73 Å². The zero-order chi connectivity index (χ0) is 12.3. The summed E-state index contributed by atoms with van der Waals surface area (Å²) in [6, 6.07) is 10.1. The molecule has 1 heterocycles. The van der Waals surface area contributed by atoms with Crippen molar-refractivity contribution < 1.29 is 9.50 Å². The highest BCUT2D eigenvalue weighted by Crippen LogP contribution is 2.33. The topological polar surface area (TPSA) is 46.2 Å². The van der Waals surface area contributed by atoms with E-state index in [1.807, 2.05) is 17.5 Å². The Kier molecular flexibility index (Phi) is 3.89. The number of aliphatic hydroxyl groups is 1. The van der Waals surface area contributed by atoms with Gasteiger partial charge in [0, 0.05) is 17.3 Å². The van der Waals surface area contributed by atoms with Crippen LogP contribution in [0.15, 0.2) is 41.8 Å². The minimum absolute atomic E-state index is 0.208. The van der Waals surface area contributed by atoms with E-state index in [1.165, 1.54) is 17.4 Å². The minimum atomic E-state index is -0.753. The van der Waals surface area contributed by atoms with E-state index in [2.05, 4.69) is 0 Å². The summed E-state index contributed by atoms with van der Waals surface area (Å²) in [5, 5.41) is 12.1. The van der Waals surface area contributed by atoms with E-state index < -0.39 is 12.0 Å². The fraction of sp³-hybridized carbons (Fsp3) is 0.231. The van der Waals surface area contributed by atoms with Gasteiger partial charge in [-0.05, 0) is 23.1 Å². The van der Waals surface area contributed by atoms with Crippen LogP contribution in [0.5, 0.6) is 0 Å². The lowest BCUT2D eigenvalue weighted by Gasteiger charge is -2.21. The molecule has 2 atom stereocenters. The van der Waals surface area contributed by atoms with Crippen molar-refractivity contribution in [3.8, 4) is 0 Å². The highest BCUT2D eigenvalue weighted by Gasteiger charge is 2.24. The van der Waals surface area contributed by atoms with E-state index in [0.29, 0.717) is 5.56 Å². The van der Waals surface area contributed by atoms with Gasteiger partial charge < -0.3 is 10.8 Å². The SMILES string of the molecule is NCC(c1ccccc1F)C(O)c1cccs1. The molecule has 17 heavy (non-hydrogen) atoms. The molecule has 0 saturated carbocycles. The van der Waals surface area contributed by atoms with Gasteiger partial charge in [-0.15, -0.1) is 11.3 Å². The molecule has 2 aromatic rings. The number of thiophene rings is 1.